The summed E-state index contributed by atoms with van der Waals surface area (Å²) in [6, 6.07) is 21.7. The van der Waals surface area contributed by atoms with E-state index in [2.05, 4.69) is 97.0 Å². The fourth-order valence-corrected chi connectivity index (χ4v) is 10.5. The summed E-state index contributed by atoms with van der Waals surface area (Å²) in [5, 5.41) is 19.4. The third-order valence-corrected chi connectivity index (χ3v) is 14.4. The molecule has 1 atom stereocenters. The van der Waals surface area contributed by atoms with Gasteiger partial charge < -0.3 is 14.5 Å². The Kier molecular flexibility index (Phi) is 11.4. The van der Waals surface area contributed by atoms with Gasteiger partial charge in [-0.3, -0.25) is 38.6 Å². The standard InChI is InChI=1S/C54H57N11O3/c1-33(2)64-51-15-19-61(35(4)66)31-46(51)53(59-64)42-10-7-9-38-25-50(57-29-45(38)42)40-27-58-63(30-40)21-14-34(3)48-13-12-39(26-55-48)49-24-37-8-6-11-43(44(37)28-56-49)54-47-32-62(36(5)67)20-16-52(47)65(60-54)41-17-22-68-23-18-41/h6-13,24-30,33-34,41H,14-23,31-32H2,1-5H3. The lowest BCUT2D eigenvalue weighted by molar-refractivity contribution is -0.130. The van der Waals surface area contributed by atoms with Gasteiger partial charge in [0.25, 0.3) is 0 Å². The number of ether oxygens (including phenoxy) is 1. The molecule has 2 amide bonds. The number of aryl methyl sites for hydroxylation is 1. The number of carbonyl (C=O) groups excluding carboxylic acids is 2. The monoisotopic (exact) mass is 907 g/mol. The molecule has 346 valence electrons. The van der Waals surface area contributed by atoms with Crippen molar-refractivity contribution in [2.24, 2.45) is 0 Å². The van der Waals surface area contributed by atoms with Crippen LogP contribution in [-0.4, -0.2) is 92.2 Å². The van der Waals surface area contributed by atoms with Crippen molar-refractivity contribution in [1.29, 1.82) is 0 Å². The predicted molar refractivity (Wildman–Crippen MR) is 262 cm³/mol. The molecule has 0 saturated carbocycles. The van der Waals surface area contributed by atoms with E-state index in [1.54, 1.807) is 13.8 Å². The summed E-state index contributed by atoms with van der Waals surface area (Å²) in [4.78, 5) is 43.6. The van der Waals surface area contributed by atoms with Crippen LogP contribution in [0.2, 0.25) is 0 Å². The number of pyridine rings is 3. The topological polar surface area (TPSA) is 142 Å². The number of benzene rings is 2. The van der Waals surface area contributed by atoms with Crippen molar-refractivity contribution in [2.45, 2.75) is 104 Å². The molecule has 9 heterocycles. The lowest BCUT2D eigenvalue weighted by Gasteiger charge is -2.29. The molecule has 0 aliphatic carbocycles. The van der Waals surface area contributed by atoms with Gasteiger partial charge in [0.2, 0.25) is 11.8 Å². The van der Waals surface area contributed by atoms with Gasteiger partial charge in [-0.25, -0.2) is 0 Å². The van der Waals surface area contributed by atoms with Crippen LogP contribution in [0.1, 0.15) is 100 Å². The Balaban J connectivity index is 0.778. The van der Waals surface area contributed by atoms with Crippen molar-refractivity contribution < 1.29 is 14.3 Å². The minimum atomic E-state index is 0.0883. The Morgan fingerprint density at radius 3 is 1.94 bits per heavy atom. The molecule has 0 N–H and O–H groups in total. The summed E-state index contributed by atoms with van der Waals surface area (Å²) >= 11 is 0. The summed E-state index contributed by atoms with van der Waals surface area (Å²) < 4.78 is 12.1. The Morgan fingerprint density at radius 2 is 1.32 bits per heavy atom. The number of rotatable bonds is 10. The molecular formula is C54H57N11O3. The molecule has 1 fully saturated rings. The SMILES string of the molecule is CC(=O)N1CCc2c(c(-c3cccc4cc(-c5cnn(CCC(C)c6ccc(-c7cc8cccc(-c9nn(C%10CCOCC%10)c%10c9CN(C(C)=O)CC%10)c8cn7)cn6)c5)ncc34)nn2C(C)C)C1. The number of carbonyl (C=O) groups is 2. The fourth-order valence-electron chi connectivity index (χ4n) is 10.5. The van der Waals surface area contributed by atoms with Gasteiger partial charge in [-0.15, -0.1) is 0 Å². The average Bonchev–Trinajstić information content (AvgIpc) is 4.11. The van der Waals surface area contributed by atoms with E-state index >= 15 is 0 Å². The second kappa shape index (κ2) is 17.9. The van der Waals surface area contributed by atoms with Gasteiger partial charge in [0.1, 0.15) is 0 Å². The van der Waals surface area contributed by atoms with E-state index in [0.29, 0.717) is 32.2 Å². The molecular weight excluding hydrogens is 851 g/mol. The van der Waals surface area contributed by atoms with E-state index in [4.69, 9.17) is 35.0 Å². The first-order valence-electron chi connectivity index (χ1n) is 24.1. The number of aromatic nitrogens is 9. The zero-order valence-corrected chi connectivity index (χ0v) is 39.5. The van der Waals surface area contributed by atoms with E-state index in [-0.39, 0.29) is 23.8 Å². The molecule has 11 rings (SSSR count). The van der Waals surface area contributed by atoms with Gasteiger partial charge in [-0.2, -0.15) is 15.3 Å². The lowest BCUT2D eigenvalue weighted by atomic mass is 9.96. The molecule has 68 heavy (non-hydrogen) atoms. The highest BCUT2D eigenvalue weighted by molar-refractivity contribution is 5.99. The highest BCUT2D eigenvalue weighted by Crippen LogP contribution is 2.39. The van der Waals surface area contributed by atoms with Crippen LogP contribution in [-0.2, 0) is 46.8 Å². The number of nitrogens with zero attached hydrogens (tertiary/aromatic N) is 11. The first-order chi connectivity index (χ1) is 33.1. The molecule has 14 nitrogen and oxygen atoms in total. The van der Waals surface area contributed by atoms with Crippen LogP contribution in [0.15, 0.2) is 91.6 Å². The van der Waals surface area contributed by atoms with Gasteiger partial charge in [0.15, 0.2) is 0 Å². The summed E-state index contributed by atoms with van der Waals surface area (Å²) in [5.41, 5.74) is 13.3. The number of amides is 2. The summed E-state index contributed by atoms with van der Waals surface area (Å²) in [6.07, 6.45) is 14.1. The first kappa shape index (κ1) is 43.5. The number of hydrogen-bond acceptors (Lipinski definition) is 9. The zero-order chi connectivity index (χ0) is 46.6. The van der Waals surface area contributed by atoms with Crippen molar-refractivity contribution in [3.05, 3.63) is 120 Å². The number of hydrogen-bond donors (Lipinski definition) is 0. The molecule has 0 bridgehead atoms. The molecule has 0 radical (unpaired) electrons. The molecule has 1 unspecified atom stereocenters. The smallest absolute Gasteiger partial charge is 0.219 e. The summed E-state index contributed by atoms with van der Waals surface area (Å²) in [7, 11) is 0. The Hall–Kier alpha value is -7.06. The maximum absolute atomic E-state index is 12.5. The minimum absolute atomic E-state index is 0.0883. The van der Waals surface area contributed by atoms with Crippen molar-refractivity contribution in [2.75, 3.05) is 26.3 Å². The largest absolute Gasteiger partial charge is 0.381 e. The molecule has 14 heteroatoms. The highest BCUT2D eigenvalue weighted by Gasteiger charge is 2.32. The van der Waals surface area contributed by atoms with Crippen LogP contribution in [0.4, 0.5) is 0 Å². The average molecular weight is 908 g/mol. The van der Waals surface area contributed by atoms with E-state index in [1.807, 2.05) is 39.3 Å². The third kappa shape index (κ3) is 8.03. The maximum Gasteiger partial charge on any atom is 0.219 e. The Bertz CT molecular complexity index is 3210. The normalized spacial score (nSPS) is 15.9. The van der Waals surface area contributed by atoms with Crippen molar-refractivity contribution in [3.8, 4) is 45.0 Å². The Morgan fingerprint density at radius 1 is 0.706 bits per heavy atom. The van der Waals surface area contributed by atoms with E-state index in [9.17, 15) is 9.59 Å². The highest BCUT2D eigenvalue weighted by atomic mass is 16.5. The second-order valence-electron chi connectivity index (χ2n) is 19.1. The van der Waals surface area contributed by atoms with Gasteiger partial charge in [0, 0.05) is 171 Å². The van der Waals surface area contributed by atoms with Crippen molar-refractivity contribution >= 4 is 33.4 Å². The Labute approximate surface area is 396 Å². The molecule has 6 aromatic heterocycles. The van der Waals surface area contributed by atoms with Gasteiger partial charge >= 0.3 is 0 Å². The van der Waals surface area contributed by atoms with E-state index < -0.39 is 0 Å². The van der Waals surface area contributed by atoms with E-state index in [1.165, 1.54) is 11.4 Å². The molecule has 3 aliphatic heterocycles. The van der Waals surface area contributed by atoms with Crippen LogP contribution in [0.5, 0.6) is 0 Å². The predicted octanol–water partition coefficient (Wildman–Crippen LogP) is 9.37. The molecule has 2 aromatic carbocycles. The van der Waals surface area contributed by atoms with Crippen LogP contribution >= 0.6 is 0 Å². The summed E-state index contributed by atoms with van der Waals surface area (Å²) in [6.45, 7) is 14.6. The van der Waals surface area contributed by atoms with Crippen molar-refractivity contribution in [3.63, 3.8) is 0 Å². The zero-order valence-electron chi connectivity index (χ0n) is 39.5. The molecule has 0 spiro atoms. The third-order valence-electron chi connectivity index (χ3n) is 14.4. The fraction of sp³-hybridized carbons (Fsp3) is 0.370. The lowest BCUT2D eigenvalue weighted by Crippen LogP contribution is -2.35. The summed E-state index contributed by atoms with van der Waals surface area (Å²) in [5.74, 6) is 0.386. The van der Waals surface area contributed by atoms with E-state index in [0.717, 1.165) is 135 Å². The number of fused-ring (bicyclic) bond motifs is 4. The molecule has 1 saturated heterocycles. The van der Waals surface area contributed by atoms with Crippen LogP contribution < -0.4 is 0 Å². The first-order valence-corrected chi connectivity index (χ1v) is 24.1. The van der Waals surface area contributed by atoms with Gasteiger partial charge in [0.05, 0.1) is 35.0 Å². The van der Waals surface area contributed by atoms with Gasteiger partial charge in [-0.05, 0) is 68.1 Å². The maximum atomic E-state index is 12.5. The van der Waals surface area contributed by atoms with Crippen molar-refractivity contribution in [1.82, 2.24) is 54.1 Å². The quantitative estimate of drug-likeness (QED) is 0.131. The minimum Gasteiger partial charge on any atom is -0.381 e. The molecule has 3 aliphatic rings. The van der Waals surface area contributed by atoms with Gasteiger partial charge in [-0.1, -0.05) is 43.3 Å². The van der Waals surface area contributed by atoms with Crippen LogP contribution in [0.3, 0.4) is 0 Å². The second-order valence-corrected chi connectivity index (χ2v) is 19.1. The molecule has 8 aromatic rings. The van der Waals surface area contributed by atoms with Crippen LogP contribution in [0, 0.1) is 0 Å². The van der Waals surface area contributed by atoms with Crippen LogP contribution in [0.25, 0.3) is 66.6 Å².